The Kier molecular flexibility index (Phi) is 4.80. The number of rotatable bonds is 4. The molecule has 102 valence electrons. The van der Waals surface area contributed by atoms with Crippen LogP contribution in [0.3, 0.4) is 0 Å². The molecule has 0 unspecified atom stereocenters. The smallest absolute Gasteiger partial charge is 0.335 e. The van der Waals surface area contributed by atoms with Gasteiger partial charge in [-0.05, 0) is 37.0 Å². The Morgan fingerprint density at radius 1 is 1.37 bits per heavy atom. The molecule has 2 N–H and O–H groups in total. The molecule has 1 saturated carbocycles. The number of nitrogens with one attached hydrogen (secondary N) is 1. The largest absolute Gasteiger partial charge is 0.478 e. The molecule has 0 bridgehead atoms. The van der Waals surface area contributed by atoms with E-state index < -0.39 is 5.97 Å². The van der Waals surface area contributed by atoms with Gasteiger partial charge in [-0.15, -0.1) is 0 Å². The van der Waals surface area contributed by atoms with Gasteiger partial charge in [0, 0.05) is 6.21 Å². The second-order valence-corrected chi connectivity index (χ2v) is 5.20. The third kappa shape index (κ3) is 3.96. The number of halogens is 1. The van der Waals surface area contributed by atoms with E-state index in [1.54, 1.807) is 6.07 Å². The van der Waals surface area contributed by atoms with Gasteiger partial charge in [0.1, 0.15) is 0 Å². The van der Waals surface area contributed by atoms with Crippen LogP contribution in [0.25, 0.3) is 0 Å². The molecule has 0 spiro atoms. The van der Waals surface area contributed by atoms with Crippen molar-refractivity contribution in [2.24, 2.45) is 11.0 Å². The van der Waals surface area contributed by atoms with Crippen LogP contribution in [-0.4, -0.2) is 17.3 Å². The van der Waals surface area contributed by atoms with Gasteiger partial charge in [0.15, 0.2) is 0 Å². The summed E-state index contributed by atoms with van der Waals surface area (Å²) in [5.74, 6) is -0.460. The topological polar surface area (TPSA) is 61.7 Å². The molecule has 5 heteroatoms. The minimum atomic E-state index is -0.976. The van der Waals surface area contributed by atoms with Crippen LogP contribution in [0.15, 0.2) is 23.3 Å². The zero-order valence-corrected chi connectivity index (χ0v) is 11.4. The number of hydrazone groups is 1. The number of hydrogen-bond donors (Lipinski definition) is 2. The zero-order valence-electron chi connectivity index (χ0n) is 10.6. The fourth-order valence-corrected chi connectivity index (χ4v) is 2.40. The maximum absolute atomic E-state index is 10.9. The van der Waals surface area contributed by atoms with Crippen LogP contribution in [0.5, 0.6) is 0 Å². The molecule has 0 aromatic heterocycles. The monoisotopic (exact) mass is 280 g/mol. The van der Waals surface area contributed by atoms with Gasteiger partial charge in [0.2, 0.25) is 0 Å². The maximum Gasteiger partial charge on any atom is 0.335 e. The Morgan fingerprint density at radius 2 is 2.11 bits per heavy atom. The molecule has 1 fully saturated rings. The lowest BCUT2D eigenvalue weighted by molar-refractivity contribution is 0.0697. The molecule has 2 rings (SSSR count). The molecule has 0 saturated heterocycles. The van der Waals surface area contributed by atoms with Crippen molar-refractivity contribution >= 4 is 29.5 Å². The van der Waals surface area contributed by atoms with Crippen LogP contribution in [-0.2, 0) is 0 Å². The van der Waals surface area contributed by atoms with Crippen molar-refractivity contribution in [1.29, 1.82) is 0 Å². The Balaban J connectivity index is 1.99. The van der Waals surface area contributed by atoms with E-state index in [9.17, 15) is 4.79 Å². The van der Waals surface area contributed by atoms with E-state index in [1.165, 1.54) is 44.2 Å². The molecule has 0 amide bonds. The van der Waals surface area contributed by atoms with E-state index in [0.717, 1.165) is 0 Å². The van der Waals surface area contributed by atoms with Crippen molar-refractivity contribution in [1.82, 2.24) is 0 Å². The van der Waals surface area contributed by atoms with Crippen LogP contribution in [0.1, 0.15) is 42.5 Å². The summed E-state index contributed by atoms with van der Waals surface area (Å²) in [5, 5.41) is 13.6. The lowest BCUT2D eigenvalue weighted by atomic mass is 9.90. The van der Waals surface area contributed by atoms with Gasteiger partial charge in [-0.2, -0.15) is 5.10 Å². The Labute approximate surface area is 117 Å². The summed E-state index contributed by atoms with van der Waals surface area (Å²) in [6.45, 7) is 0. The molecule has 4 nitrogen and oxygen atoms in total. The highest BCUT2D eigenvalue weighted by Crippen LogP contribution is 2.24. The summed E-state index contributed by atoms with van der Waals surface area (Å²) in [5.41, 5.74) is 3.55. The Morgan fingerprint density at radius 3 is 2.79 bits per heavy atom. The van der Waals surface area contributed by atoms with E-state index in [0.29, 0.717) is 16.6 Å². The van der Waals surface area contributed by atoms with Crippen LogP contribution >= 0.6 is 11.6 Å². The normalized spacial score (nSPS) is 16.7. The van der Waals surface area contributed by atoms with Gasteiger partial charge in [-0.3, -0.25) is 5.43 Å². The first kappa shape index (κ1) is 13.9. The van der Waals surface area contributed by atoms with Crippen LogP contribution < -0.4 is 5.43 Å². The first-order valence-corrected chi connectivity index (χ1v) is 6.86. The SMILES string of the molecule is O=C(O)c1ccc(Cl)c(N/N=C\C2CCCCC2)c1. The number of carbonyl (C=O) groups is 1. The minimum Gasteiger partial charge on any atom is -0.478 e. The fraction of sp³-hybridized carbons (Fsp3) is 0.429. The van der Waals surface area contributed by atoms with E-state index in [4.69, 9.17) is 16.7 Å². The summed E-state index contributed by atoms with van der Waals surface area (Å²) in [7, 11) is 0. The van der Waals surface area contributed by atoms with Crippen molar-refractivity contribution in [2.75, 3.05) is 5.43 Å². The van der Waals surface area contributed by atoms with Gasteiger partial charge in [0.25, 0.3) is 0 Å². The molecule has 1 aromatic rings. The van der Waals surface area contributed by atoms with Crippen molar-refractivity contribution in [3.8, 4) is 0 Å². The lowest BCUT2D eigenvalue weighted by Gasteiger charge is -2.16. The molecule has 1 aliphatic rings. The number of carboxylic acid groups (broad SMARTS) is 1. The summed E-state index contributed by atoms with van der Waals surface area (Å²) in [6, 6.07) is 4.52. The molecule has 1 aromatic carbocycles. The molecule has 19 heavy (non-hydrogen) atoms. The highest BCUT2D eigenvalue weighted by Gasteiger charge is 2.11. The lowest BCUT2D eigenvalue weighted by Crippen LogP contribution is -2.08. The third-order valence-electron chi connectivity index (χ3n) is 3.33. The highest BCUT2D eigenvalue weighted by molar-refractivity contribution is 6.33. The number of anilines is 1. The Bertz CT molecular complexity index is 482. The minimum absolute atomic E-state index is 0.194. The van der Waals surface area contributed by atoms with Gasteiger partial charge in [-0.25, -0.2) is 4.79 Å². The molecule has 0 radical (unpaired) electrons. The number of aromatic carboxylic acids is 1. The summed E-state index contributed by atoms with van der Waals surface area (Å²) >= 11 is 5.99. The Hall–Kier alpha value is -1.55. The molecule has 0 heterocycles. The summed E-state index contributed by atoms with van der Waals surface area (Å²) < 4.78 is 0. The van der Waals surface area contributed by atoms with E-state index in [2.05, 4.69) is 10.5 Å². The van der Waals surface area contributed by atoms with E-state index in [-0.39, 0.29) is 5.56 Å². The summed E-state index contributed by atoms with van der Waals surface area (Å²) in [4.78, 5) is 10.9. The quantitative estimate of drug-likeness (QED) is 0.647. The van der Waals surface area contributed by atoms with Gasteiger partial charge in [-0.1, -0.05) is 30.9 Å². The van der Waals surface area contributed by atoms with Crippen LogP contribution in [0, 0.1) is 5.92 Å². The average molecular weight is 281 g/mol. The van der Waals surface area contributed by atoms with Crippen molar-refractivity contribution < 1.29 is 9.90 Å². The first-order valence-electron chi connectivity index (χ1n) is 6.49. The van der Waals surface area contributed by atoms with Gasteiger partial charge < -0.3 is 5.11 Å². The number of nitrogens with zero attached hydrogens (tertiary/aromatic N) is 1. The standard InChI is InChI=1S/C14H17ClN2O2/c15-12-7-6-11(14(18)19)8-13(12)17-16-9-10-4-2-1-3-5-10/h6-10,17H,1-5H2,(H,18,19)/b16-9-. The number of carboxylic acids is 1. The fourth-order valence-electron chi connectivity index (χ4n) is 2.24. The molecular weight excluding hydrogens is 264 g/mol. The zero-order chi connectivity index (χ0) is 13.7. The van der Waals surface area contributed by atoms with Crippen molar-refractivity contribution in [3.63, 3.8) is 0 Å². The highest BCUT2D eigenvalue weighted by atomic mass is 35.5. The van der Waals surface area contributed by atoms with Gasteiger partial charge in [0.05, 0.1) is 16.3 Å². The maximum atomic E-state index is 10.9. The predicted octanol–water partition coefficient (Wildman–Crippen LogP) is 4.02. The number of hydrogen-bond acceptors (Lipinski definition) is 3. The van der Waals surface area contributed by atoms with E-state index in [1.807, 2.05) is 6.21 Å². The van der Waals surface area contributed by atoms with Crippen LogP contribution in [0.2, 0.25) is 5.02 Å². The predicted molar refractivity (Wildman–Crippen MR) is 77.1 cm³/mol. The second kappa shape index (κ2) is 6.57. The molecule has 1 aliphatic carbocycles. The van der Waals surface area contributed by atoms with E-state index >= 15 is 0 Å². The molecular formula is C14H17ClN2O2. The molecule has 0 aliphatic heterocycles. The second-order valence-electron chi connectivity index (χ2n) is 4.79. The third-order valence-corrected chi connectivity index (χ3v) is 3.66. The van der Waals surface area contributed by atoms with Crippen molar-refractivity contribution in [3.05, 3.63) is 28.8 Å². The number of benzene rings is 1. The van der Waals surface area contributed by atoms with Gasteiger partial charge >= 0.3 is 5.97 Å². The van der Waals surface area contributed by atoms with Crippen molar-refractivity contribution in [2.45, 2.75) is 32.1 Å². The average Bonchev–Trinajstić information content (AvgIpc) is 2.42. The first-order chi connectivity index (χ1) is 9.16. The summed E-state index contributed by atoms with van der Waals surface area (Å²) in [6.07, 6.45) is 8.08. The van der Waals surface area contributed by atoms with Crippen LogP contribution in [0.4, 0.5) is 5.69 Å². The molecule has 0 atom stereocenters.